The summed E-state index contributed by atoms with van der Waals surface area (Å²) in [5.74, 6) is -0.220. The standard InChI is InChI=1S/C17H26Cl2N2O3/c1-12(13-5-6-14(18)15(19)9-13)10-21(20-7-8-22)11-16(23)24-17(2,3)4/h5-6,9,12,20,22H,7-8,10-11H2,1-4H3. The van der Waals surface area contributed by atoms with E-state index in [-0.39, 0.29) is 25.0 Å². The van der Waals surface area contributed by atoms with Crippen LogP contribution in [0.25, 0.3) is 0 Å². The number of nitrogens with zero attached hydrogens (tertiary/aromatic N) is 1. The molecule has 0 saturated carbocycles. The molecule has 7 heteroatoms. The maximum absolute atomic E-state index is 12.0. The van der Waals surface area contributed by atoms with Crippen molar-refractivity contribution in [2.75, 3.05) is 26.2 Å². The van der Waals surface area contributed by atoms with Gasteiger partial charge in [0, 0.05) is 13.1 Å². The van der Waals surface area contributed by atoms with Gasteiger partial charge in [-0.25, -0.2) is 5.01 Å². The Balaban J connectivity index is 2.73. The van der Waals surface area contributed by atoms with Gasteiger partial charge in [0.25, 0.3) is 0 Å². The number of ether oxygens (including phenoxy) is 1. The van der Waals surface area contributed by atoms with Gasteiger partial charge >= 0.3 is 5.97 Å². The third-order valence-electron chi connectivity index (χ3n) is 3.19. The number of carbonyl (C=O) groups is 1. The maximum atomic E-state index is 12.0. The first-order chi connectivity index (χ1) is 11.1. The number of esters is 1. The molecule has 0 fully saturated rings. The molecule has 5 nitrogen and oxygen atoms in total. The quantitative estimate of drug-likeness (QED) is 0.538. The highest BCUT2D eigenvalue weighted by Crippen LogP contribution is 2.26. The van der Waals surface area contributed by atoms with Gasteiger partial charge in [-0.3, -0.25) is 10.2 Å². The molecule has 0 bridgehead atoms. The van der Waals surface area contributed by atoms with Gasteiger partial charge in [-0.15, -0.1) is 0 Å². The topological polar surface area (TPSA) is 61.8 Å². The number of aliphatic hydroxyl groups is 1. The highest BCUT2D eigenvalue weighted by Gasteiger charge is 2.20. The largest absolute Gasteiger partial charge is 0.459 e. The summed E-state index contributed by atoms with van der Waals surface area (Å²) in [6.45, 7) is 8.49. The number of aliphatic hydroxyl groups excluding tert-OH is 1. The fourth-order valence-electron chi connectivity index (χ4n) is 2.18. The Hall–Kier alpha value is -0.850. The van der Waals surface area contributed by atoms with E-state index in [0.717, 1.165) is 5.56 Å². The second-order valence-electron chi connectivity index (χ2n) is 6.67. The molecule has 0 amide bonds. The van der Waals surface area contributed by atoms with Crippen LogP contribution in [0, 0.1) is 0 Å². The van der Waals surface area contributed by atoms with Gasteiger partial charge in [-0.1, -0.05) is 36.2 Å². The number of rotatable bonds is 8. The van der Waals surface area contributed by atoms with Crippen molar-refractivity contribution in [1.29, 1.82) is 0 Å². The van der Waals surface area contributed by atoms with E-state index in [0.29, 0.717) is 23.1 Å². The van der Waals surface area contributed by atoms with Crippen molar-refractivity contribution < 1.29 is 14.6 Å². The van der Waals surface area contributed by atoms with E-state index in [1.807, 2.05) is 39.8 Å². The summed E-state index contributed by atoms with van der Waals surface area (Å²) in [5, 5.41) is 11.8. The van der Waals surface area contributed by atoms with Gasteiger partial charge in [0.1, 0.15) is 12.1 Å². The lowest BCUT2D eigenvalue weighted by Crippen LogP contribution is -2.46. The molecule has 0 aliphatic carbocycles. The van der Waals surface area contributed by atoms with E-state index in [9.17, 15) is 4.79 Å². The molecular weight excluding hydrogens is 351 g/mol. The number of halogens is 2. The van der Waals surface area contributed by atoms with Crippen LogP contribution < -0.4 is 5.43 Å². The Labute approximate surface area is 153 Å². The van der Waals surface area contributed by atoms with Gasteiger partial charge in [0.15, 0.2) is 0 Å². The summed E-state index contributed by atoms with van der Waals surface area (Å²) in [7, 11) is 0. The maximum Gasteiger partial charge on any atom is 0.322 e. The van der Waals surface area contributed by atoms with Crippen LogP contribution in [-0.4, -0.2) is 47.9 Å². The molecule has 0 radical (unpaired) electrons. The average Bonchev–Trinajstić information content (AvgIpc) is 2.45. The zero-order valence-electron chi connectivity index (χ0n) is 14.6. The summed E-state index contributed by atoms with van der Waals surface area (Å²) in [5.41, 5.74) is 3.52. The zero-order chi connectivity index (χ0) is 18.3. The van der Waals surface area contributed by atoms with Crippen LogP contribution in [0.1, 0.15) is 39.2 Å². The minimum Gasteiger partial charge on any atom is -0.459 e. The lowest BCUT2D eigenvalue weighted by atomic mass is 10.0. The van der Waals surface area contributed by atoms with E-state index in [1.165, 1.54) is 0 Å². The molecule has 2 N–H and O–H groups in total. The predicted octanol–water partition coefficient (Wildman–Crippen LogP) is 3.24. The number of carbonyl (C=O) groups excluding carboxylic acids is 1. The van der Waals surface area contributed by atoms with Gasteiger partial charge < -0.3 is 9.84 Å². The Morgan fingerprint density at radius 3 is 2.54 bits per heavy atom. The van der Waals surface area contributed by atoms with Crippen LogP contribution in [0.2, 0.25) is 10.0 Å². The van der Waals surface area contributed by atoms with E-state index in [4.69, 9.17) is 33.0 Å². The number of hydrogen-bond donors (Lipinski definition) is 2. The number of hydrogen-bond acceptors (Lipinski definition) is 5. The van der Waals surface area contributed by atoms with Crippen LogP contribution in [0.5, 0.6) is 0 Å². The van der Waals surface area contributed by atoms with Gasteiger partial charge in [-0.05, 0) is 44.4 Å². The number of hydrazine groups is 1. The van der Waals surface area contributed by atoms with Crippen LogP contribution in [-0.2, 0) is 9.53 Å². The molecule has 1 rings (SSSR count). The van der Waals surface area contributed by atoms with Crippen LogP contribution >= 0.6 is 23.2 Å². The van der Waals surface area contributed by atoms with Crippen LogP contribution in [0.4, 0.5) is 0 Å². The van der Waals surface area contributed by atoms with Gasteiger partial charge in [-0.2, -0.15) is 0 Å². The van der Waals surface area contributed by atoms with Crippen molar-refractivity contribution in [3.05, 3.63) is 33.8 Å². The number of benzene rings is 1. The summed E-state index contributed by atoms with van der Waals surface area (Å²) < 4.78 is 5.35. The highest BCUT2D eigenvalue weighted by molar-refractivity contribution is 6.42. The monoisotopic (exact) mass is 376 g/mol. The van der Waals surface area contributed by atoms with E-state index in [2.05, 4.69) is 5.43 Å². The normalized spacial score (nSPS) is 13.2. The van der Waals surface area contributed by atoms with Crippen molar-refractivity contribution >= 4 is 29.2 Å². The summed E-state index contributed by atoms with van der Waals surface area (Å²) in [6.07, 6.45) is 0. The first-order valence-electron chi connectivity index (χ1n) is 7.88. The molecule has 1 unspecified atom stereocenters. The third kappa shape index (κ3) is 7.81. The SMILES string of the molecule is CC(CN(CC(=O)OC(C)(C)C)NCCO)c1ccc(Cl)c(Cl)c1. The molecule has 0 spiro atoms. The first kappa shape index (κ1) is 21.2. The molecule has 0 heterocycles. The molecule has 1 atom stereocenters. The lowest BCUT2D eigenvalue weighted by molar-refractivity contribution is -0.157. The van der Waals surface area contributed by atoms with Crippen molar-refractivity contribution in [3.8, 4) is 0 Å². The fraction of sp³-hybridized carbons (Fsp3) is 0.588. The summed E-state index contributed by atoms with van der Waals surface area (Å²) >= 11 is 12.0. The lowest BCUT2D eigenvalue weighted by Gasteiger charge is -2.27. The van der Waals surface area contributed by atoms with Crippen molar-refractivity contribution in [3.63, 3.8) is 0 Å². The third-order valence-corrected chi connectivity index (χ3v) is 3.93. The molecule has 0 aliphatic heterocycles. The Morgan fingerprint density at radius 1 is 1.33 bits per heavy atom. The predicted molar refractivity (Wildman–Crippen MR) is 97.4 cm³/mol. The molecule has 0 saturated heterocycles. The average molecular weight is 377 g/mol. The number of nitrogens with one attached hydrogen (secondary N) is 1. The minimum absolute atomic E-state index is 0.0219. The first-order valence-corrected chi connectivity index (χ1v) is 8.64. The molecule has 136 valence electrons. The van der Waals surface area contributed by atoms with Gasteiger partial charge in [0.05, 0.1) is 16.7 Å². The fourth-order valence-corrected chi connectivity index (χ4v) is 2.48. The summed E-state index contributed by atoms with van der Waals surface area (Å²) in [4.78, 5) is 12.0. The molecule has 0 aromatic heterocycles. The Morgan fingerprint density at radius 2 is 2.00 bits per heavy atom. The Kier molecular flexibility index (Phi) is 8.46. The van der Waals surface area contributed by atoms with Crippen molar-refractivity contribution in [2.24, 2.45) is 0 Å². The van der Waals surface area contributed by atoms with Crippen molar-refractivity contribution in [2.45, 2.75) is 39.2 Å². The van der Waals surface area contributed by atoms with Gasteiger partial charge in [0.2, 0.25) is 0 Å². The van der Waals surface area contributed by atoms with E-state index < -0.39 is 5.60 Å². The second-order valence-corrected chi connectivity index (χ2v) is 7.49. The van der Waals surface area contributed by atoms with Crippen LogP contribution in [0.3, 0.4) is 0 Å². The van der Waals surface area contributed by atoms with E-state index in [1.54, 1.807) is 11.1 Å². The summed E-state index contributed by atoms with van der Waals surface area (Å²) in [6, 6.07) is 5.50. The highest BCUT2D eigenvalue weighted by atomic mass is 35.5. The van der Waals surface area contributed by atoms with E-state index >= 15 is 0 Å². The molecule has 0 aliphatic rings. The smallest absolute Gasteiger partial charge is 0.322 e. The second kappa shape index (κ2) is 9.59. The minimum atomic E-state index is -0.533. The molecular formula is C17H26Cl2N2O3. The van der Waals surface area contributed by atoms with Crippen LogP contribution in [0.15, 0.2) is 18.2 Å². The Bertz CT molecular complexity index is 547. The zero-order valence-corrected chi connectivity index (χ0v) is 16.1. The van der Waals surface area contributed by atoms with Crippen molar-refractivity contribution in [1.82, 2.24) is 10.4 Å². The molecule has 1 aromatic carbocycles. The molecule has 1 aromatic rings. The molecule has 24 heavy (non-hydrogen) atoms.